The number of rotatable bonds is 6. The molecule has 0 aromatic heterocycles. The van der Waals surface area contributed by atoms with Crippen molar-refractivity contribution < 1.29 is 23.5 Å². The molecule has 3 amide bonds. The summed E-state index contributed by atoms with van der Waals surface area (Å²) in [7, 11) is 2.80. The van der Waals surface area contributed by atoms with Crippen LogP contribution >= 0.6 is 0 Å². The summed E-state index contributed by atoms with van der Waals surface area (Å²) in [5, 5.41) is 7.95. The number of carbonyl (C=O) groups excluding carboxylic acids is 3. The summed E-state index contributed by atoms with van der Waals surface area (Å²) in [6.07, 6.45) is 0. The molecule has 0 saturated carbocycles. The van der Waals surface area contributed by atoms with Crippen molar-refractivity contribution in [2.75, 3.05) is 26.1 Å². The van der Waals surface area contributed by atoms with Gasteiger partial charge in [-0.05, 0) is 35.9 Å². The monoisotopic (exact) mass is 413 g/mol. The van der Waals surface area contributed by atoms with Gasteiger partial charge in [0.1, 0.15) is 17.3 Å². The van der Waals surface area contributed by atoms with Crippen LogP contribution in [0.1, 0.15) is 15.9 Å². The van der Waals surface area contributed by atoms with Crippen LogP contribution in [0.3, 0.4) is 0 Å². The summed E-state index contributed by atoms with van der Waals surface area (Å²) < 4.78 is 18.6. The van der Waals surface area contributed by atoms with Gasteiger partial charge in [0.05, 0.1) is 19.3 Å². The Morgan fingerprint density at radius 2 is 1.87 bits per heavy atom. The van der Waals surface area contributed by atoms with Gasteiger partial charge < -0.3 is 21.1 Å². The Kier molecular flexibility index (Phi) is 5.79. The van der Waals surface area contributed by atoms with Gasteiger partial charge in [0.2, 0.25) is 5.91 Å². The maximum atomic E-state index is 13.5. The second kappa shape index (κ2) is 8.29. The van der Waals surface area contributed by atoms with E-state index < -0.39 is 29.1 Å². The SMILES string of the molecule is CNC(=O)C1=NCNC1(C(N)=O)c1ccc(NC(=O)c2cc(F)ccc2OC)cc1. The molecule has 1 heterocycles. The maximum absolute atomic E-state index is 13.5. The van der Waals surface area contributed by atoms with Gasteiger partial charge in [-0.25, -0.2) is 4.39 Å². The van der Waals surface area contributed by atoms with Crippen LogP contribution in [0.25, 0.3) is 0 Å². The first-order valence-corrected chi connectivity index (χ1v) is 8.91. The number of halogens is 1. The molecular formula is C20H20FN5O4. The molecule has 0 radical (unpaired) electrons. The molecular weight excluding hydrogens is 393 g/mol. The highest BCUT2D eigenvalue weighted by molar-refractivity contribution is 6.47. The highest BCUT2D eigenvalue weighted by atomic mass is 19.1. The highest BCUT2D eigenvalue weighted by Crippen LogP contribution is 2.28. The third-order valence-corrected chi connectivity index (χ3v) is 4.73. The predicted molar refractivity (Wildman–Crippen MR) is 108 cm³/mol. The van der Waals surface area contributed by atoms with E-state index in [0.717, 1.165) is 6.07 Å². The number of anilines is 1. The topological polar surface area (TPSA) is 135 Å². The lowest BCUT2D eigenvalue weighted by Gasteiger charge is -2.27. The van der Waals surface area contributed by atoms with Crippen molar-refractivity contribution in [1.29, 1.82) is 0 Å². The lowest BCUT2D eigenvalue weighted by Crippen LogP contribution is -2.58. The molecule has 30 heavy (non-hydrogen) atoms. The van der Waals surface area contributed by atoms with Crippen LogP contribution in [-0.4, -0.2) is 44.3 Å². The number of nitrogens with one attached hydrogen (secondary N) is 3. The number of ether oxygens (including phenoxy) is 1. The fraction of sp³-hybridized carbons (Fsp3) is 0.200. The fourth-order valence-electron chi connectivity index (χ4n) is 3.24. The van der Waals surface area contributed by atoms with E-state index in [1.54, 1.807) is 12.1 Å². The summed E-state index contributed by atoms with van der Waals surface area (Å²) in [6.45, 7) is 0.0452. The number of primary amides is 1. The molecule has 0 aliphatic carbocycles. The summed E-state index contributed by atoms with van der Waals surface area (Å²) in [4.78, 5) is 41.1. The zero-order valence-electron chi connectivity index (χ0n) is 16.3. The summed E-state index contributed by atoms with van der Waals surface area (Å²) in [5.74, 6) is -2.25. The molecule has 156 valence electrons. The summed E-state index contributed by atoms with van der Waals surface area (Å²) in [5.41, 5.74) is 4.77. The van der Waals surface area contributed by atoms with Gasteiger partial charge in [0, 0.05) is 12.7 Å². The molecule has 0 fully saturated rings. The first-order valence-electron chi connectivity index (χ1n) is 8.91. The van der Waals surface area contributed by atoms with Gasteiger partial charge >= 0.3 is 0 Å². The van der Waals surface area contributed by atoms with E-state index in [9.17, 15) is 18.8 Å². The van der Waals surface area contributed by atoms with Gasteiger partial charge in [-0.15, -0.1) is 0 Å². The van der Waals surface area contributed by atoms with Crippen LogP contribution in [0.4, 0.5) is 10.1 Å². The first kappa shape index (κ1) is 20.9. The lowest BCUT2D eigenvalue weighted by atomic mass is 9.84. The van der Waals surface area contributed by atoms with Crippen LogP contribution in [-0.2, 0) is 15.1 Å². The number of carbonyl (C=O) groups is 3. The van der Waals surface area contributed by atoms with Gasteiger partial charge in [0.15, 0.2) is 5.54 Å². The number of nitrogens with two attached hydrogens (primary N) is 1. The van der Waals surface area contributed by atoms with Crippen molar-refractivity contribution in [3.63, 3.8) is 0 Å². The molecule has 1 aliphatic rings. The number of benzene rings is 2. The van der Waals surface area contributed by atoms with Crippen LogP contribution < -0.4 is 26.4 Å². The number of hydrogen-bond donors (Lipinski definition) is 4. The minimum absolute atomic E-state index is 0.0293. The number of nitrogens with zero attached hydrogens (tertiary/aromatic N) is 1. The minimum Gasteiger partial charge on any atom is -0.496 e. The van der Waals surface area contributed by atoms with Crippen molar-refractivity contribution in [1.82, 2.24) is 10.6 Å². The van der Waals surface area contributed by atoms with Crippen molar-refractivity contribution in [2.45, 2.75) is 5.54 Å². The Hall–Kier alpha value is -3.79. The average Bonchev–Trinajstić information content (AvgIpc) is 3.20. The van der Waals surface area contributed by atoms with E-state index >= 15 is 0 Å². The summed E-state index contributed by atoms with van der Waals surface area (Å²) in [6, 6.07) is 9.76. The molecule has 1 aliphatic heterocycles. The third-order valence-electron chi connectivity index (χ3n) is 4.73. The molecule has 0 saturated heterocycles. The van der Waals surface area contributed by atoms with E-state index in [-0.39, 0.29) is 23.7 Å². The predicted octanol–water partition coefficient (Wildman–Crippen LogP) is 0.515. The first-order chi connectivity index (χ1) is 14.3. The second-order valence-corrected chi connectivity index (χ2v) is 6.41. The zero-order valence-corrected chi connectivity index (χ0v) is 16.3. The van der Waals surface area contributed by atoms with Gasteiger partial charge in [-0.2, -0.15) is 0 Å². The third kappa shape index (κ3) is 3.60. The Morgan fingerprint density at radius 3 is 2.47 bits per heavy atom. The maximum Gasteiger partial charge on any atom is 0.267 e. The van der Waals surface area contributed by atoms with Crippen LogP contribution in [0.2, 0.25) is 0 Å². The second-order valence-electron chi connectivity index (χ2n) is 6.41. The quantitative estimate of drug-likeness (QED) is 0.548. The number of methoxy groups -OCH3 is 1. The molecule has 5 N–H and O–H groups in total. The number of aliphatic imine (C=N–C) groups is 1. The van der Waals surface area contributed by atoms with E-state index in [1.807, 2.05) is 0 Å². The number of hydrogen-bond acceptors (Lipinski definition) is 6. The fourth-order valence-corrected chi connectivity index (χ4v) is 3.24. The highest BCUT2D eigenvalue weighted by Gasteiger charge is 2.49. The van der Waals surface area contributed by atoms with Crippen LogP contribution in [0.5, 0.6) is 5.75 Å². The van der Waals surface area contributed by atoms with Crippen molar-refractivity contribution in [3.05, 3.63) is 59.4 Å². The largest absolute Gasteiger partial charge is 0.496 e. The van der Waals surface area contributed by atoms with E-state index in [4.69, 9.17) is 10.5 Å². The molecule has 1 unspecified atom stereocenters. The van der Waals surface area contributed by atoms with E-state index in [2.05, 4.69) is 20.9 Å². The van der Waals surface area contributed by atoms with Gasteiger partial charge in [-0.3, -0.25) is 24.7 Å². The molecule has 10 heteroatoms. The number of amides is 3. The normalized spacial score (nSPS) is 17.8. The van der Waals surface area contributed by atoms with E-state index in [0.29, 0.717) is 11.3 Å². The van der Waals surface area contributed by atoms with Crippen molar-refractivity contribution in [2.24, 2.45) is 10.7 Å². The molecule has 1 atom stereocenters. The Bertz CT molecular complexity index is 1040. The summed E-state index contributed by atoms with van der Waals surface area (Å²) >= 11 is 0. The molecule has 2 aromatic rings. The van der Waals surface area contributed by atoms with E-state index in [1.165, 1.54) is 38.4 Å². The molecule has 2 aromatic carbocycles. The lowest BCUT2D eigenvalue weighted by molar-refractivity contribution is -0.123. The van der Waals surface area contributed by atoms with Crippen LogP contribution in [0, 0.1) is 5.82 Å². The Balaban J connectivity index is 1.88. The van der Waals surface area contributed by atoms with Crippen molar-refractivity contribution in [3.8, 4) is 5.75 Å². The van der Waals surface area contributed by atoms with Crippen LogP contribution in [0.15, 0.2) is 47.5 Å². The van der Waals surface area contributed by atoms with Crippen molar-refractivity contribution >= 4 is 29.1 Å². The Morgan fingerprint density at radius 1 is 1.17 bits per heavy atom. The smallest absolute Gasteiger partial charge is 0.267 e. The zero-order chi connectivity index (χ0) is 21.9. The van der Waals surface area contributed by atoms with Gasteiger partial charge in [-0.1, -0.05) is 12.1 Å². The molecule has 9 nitrogen and oxygen atoms in total. The molecule has 3 rings (SSSR count). The molecule has 0 bridgehead atoms. The standard InChI is InChI=1S/C20H20FN5O4/c1-23-18(28)16-20(19(22)29,25-10-24-16)11-3-6-13(7-4-11)26-17(27)14-9-12(21)5-8-15(14)30-2/h3-9,25H,10H2,1-2H3,(H2,22,29)(H,23,28)(H,26,27). The molecule has 0 spiro atoms. The Labute approximate surface area is 171 Å². The average molecular weight is 413 g/mol. The minimum atomic E-state index is -1.59. The van der Waals surface area contributed by atoms with Gasteiger partial charge in [0.25, 0.3) is 11.8 Å².